The average molecular weight is 284 g/mol. The van der Waals surface area contributed by atoms with Crippen LogP contribution in [-0.4, -0.2) is 40.3 Å². The van der Waals surface area contributed by atoms with Gasteiger partial charge in [-0.1, -0.05) is 0 Å². The summed E-state index contributed by atoms with van der Waals surface area (Å²) in [4.78, 5) is 0. The summed E-state index contributed by atoms with van der Waals surface area (Å²) >= 11 is 0. The van der Waals surface area contributed by atoms with Gasteiger partial charge in [0.25, 0.3) is 0 Å². The zero-order valence-corrected chi connectivity index (χ0v) is 11.6. The van der Waals surface area contributed by atoms with Crippen LogP contribution in [0.2, 0.25) is 0 Å². The van der Waals surface area contributed by atoms with Crippen LogP contribution >= 0.6 is 0 Å². The Morgan fingerprint density at radius 2 is 1.53 bits per heavy atom. The summed E-state index contributed by atoms with van der Waals surface area (Å²) in [7, 11) is 0. The van der Waals surface area contributed by atoms with E-state index < -0.39 is 24.0 Å². The molecule has 0 spiro atoms. The molecule has 0 aromatic carbocycles. The van der Waals surface area contributed by atoms with Crippen molar-refractivity contribution < 1.29 is 28.1 Å². The van der Waals surface area contributed by atoms with Crippen molar-refractivity contribution in [1.29, 1.82) is 0 Å². The number of halogens is 3. The Bertz CT molecular complexity index is 292. The standard InChI is InChI=1S/C13H23F3O3/c1-11(2,9-4-6-10(17)7-5-9)19-8-12(3,18)13(14,15)16/h9-10,17-18H,4-8H2,1-3H3. The zero-order valence-electron chi connectivity index (χ0n) is 11.6. The number of hydrogen-bond acceptors (Lipinski definition) is 3. The highest BCUT2D eigenvalue weighted by atomic mass is 19.4. The van der Waals surface area contributed by atoms with E-state index in [1.54, 1.807) is 13.8 Å². The minimum absolute atomic E-state index is 0.0972. The highest BCUT2D eigenvalue weighted by Gasteiger charge is 2.51. The van der Waals surface area contributed by atoms with Crippen molar-refractivity contribution in [2.75, 3.05) is 6.61 Å². The first-order valence-electron chi connectivity index (χ1n) is 6.57. The van der Waals surface area contributed by atoms with Crippen LogP contribution in [-0.2, 0) is 4.74 Å². The molecule has 0 radical (unpaired) electrons. The molecule has 6 heteroatoms. The number of alkyl halides is 3. The molecule has 0 amide bonds. The Morgan fingerprint density at radius 1 is 1.05 bits per heavy atom. The van der Waals surface area contributed by atoms with Gasteiger partial charge in [0.2, 0.25) is 0 Å². The molecule has 1 aliphatic rings. The van der Waals surface area contributed by atoms with Crippen LogP contribution < -0.4 is 0 Å². The highest BCUT2D eigenvalue weighted by molar-refractivity contribution is 4.87. The minimum atomic E-state index is -4.70. The molecule has 1 saturated carbocycles. The van der Waals surface area contributed by atoms with Gasteiger partial charge in [-0.2, -0.15) is 13.2 Å². The second-order valence-electron chi connectivity index (χ2n) is 6.17. The molecule has 1 fully saturated rings. The lowest BCUT2D eigenvalue weighted by Crippen LogP contribution is -2.49. The van der Waals surface area contributed by atoms with Gasteiger partial charge in [0.05, 0.1) is 18.3 Å². The number of aliphatic hydroxyl groups excluding tert-OH is 1. The fraction of sp³-hybridized carbons (Fsp3) is 1.00. The molecule has 1 atom stereocenters. The largest absolute Gasteiger partial charge is 0.419 e. The van der Waals surface area contributed by atoms with E-state index in [-0.39, 0.29) is 12.0 Å². The number of ether oxygens (including phenoxy) is 1. The van der Waals surface area contributed by atoms with Gasteiger partial charge in [-0.3, -0.25) is 0 Å². The molecule has 1 unspecified atom stereocenters. The van der Waals surface area contributed by atoms with Crippen molar-refractivity contribution in [2.24, 2.45) is 5.92 Å². The number of hydrogen-bond donors (Lipinski definition) is 2. The van der Waals surface area contributed by atoms with Gasteiger partial charge in [0.15, 0.2) is 5.60 Å². The third-order valence-corrected chi connectivity index (χ3v) is 4.02. The molecule has 0 aromatic rings. The molecule has 2 N–H and O–H groups in total. The van der Waals surface area contributed by atoms with Gasteiger partial charge in [0.1, 0.15) is 0 Å². The summed E-state index contributed by atoms with van der Waals surface area (Å²) in [6, 6.07) is 0. The maximum Gasteiger partial charge on any atom is 0.419 e. The summed E-state index contributed by atoms with van der Waals surface area (Å²) in [5, 5.41) is 18.8. The van der Waals surface area contributed by atoms with Crippen molar-refractivity contribution >= 4 is 0 Å². The quantitative estimate of drug-likeness (QED) is 0.834. The Hall–Kier alpha value is -0.330. The third-order valence-electron chi connectivity index (χ3n) is 4.02. The summed E-state index contributed by atoms with van der Waals surface area (Å²) < 4.78 is 43.0. The van der Waals surface area contributed by atoms with Crippen LogP contribution in [0.5, 0.6) is 0 Å². The van der Waals surface area contributed by atoms with Crippen molar-refractivity contribution in [1.82, 2.24) is 0 Å². The Morgan fingerprint density at radius 3 is 1.95 bits per heavy atom. The van der Waals surface area contributed by atoms with Gasteiger partial charge in [-0.05, 0) is 52.4 Å². The van der Waals surface area contributed by atoms with Crippen molar-refractivity contribution in [3.63, 3.8) is 0 Å². The van der Waals surface area contributed by atoms with Crippen LogP contribution in [0, 0.1) is 5.92 Å². The smallest absolute Gasteiger partial charge is 0.393 e. The second kappa shape index (κ2) is 5.58. The molecule has 0 bridgehead atoms. The van der Waals surface area contributed by atoms with Gasteiger partial charge >= 0.3 is 6.18 Å². The number of rotatable bonds is 4. The summed E-state index contributed by atoms with van der Waals surface area (Å²) in [6.45, 7) is 3.42. The van der Waals surface area contributed by atoms with Gasteiger partial charge < -0.3 is 14.9 Å². The first kappa shape index (κ1) is 16.7. The topological polar surface area (TPSA) is 49.7 Å². The summed E-state index contributed by atoms with van der Waals surface area (Å²) in [5.41, 5.74) is -3.58. The minimum Gasteiger partial charge on any atom is -0.393 e. The molecule has 19 heavy (non-hydrogen) atoms. The Kier molecular flexibility index (Phi) is 4.91. The second-order valence-corrected chi connectivity index (χ2v) is 6.17. The lowest BCUT2D eigenvalue weighted by molar-refractivity contribution is -0.278. The summed E-state index contributed by atoms with van der Waals surface area (Å²) in [5.74, 6) is 0.0972. The van der Waals surface area contributed by atoms with Gasteiger partial charge in [-0.25, -0.2) is 0 Å². The fourth-order valence-electron chi connectivity index (χ4n) is 2.30. The van der Waals surface area contributed by atoms with Crippen molar-refractivity contribution in [3.05, 3.63) is 0 Å². The predicted octanol–water partition coefficient (Wildman–Crippen LogP) is 2.65. The molecule has 0 saturated heterocycles. The molecule has 1 aliphatic carbocycles. The first-order valence-corrected chi connectivity index (χ1v) is 6.57. The molecule has 3 nitrogen and oxygen atoms in total. The van der Waals surface area contributed by atoms with Gasteiger partial charge in [-0.15, -0.1) is 0 Å². The van der Waals surface area contributed by atoms with Crippen molar-refractivity contribution in [2.45, 2.75) is 69.9 Å². The Balaban J connectivity index is 2.55. The van der Waals surface area contributed by atoms with E-state index in [1.807, 2.05) is 0 Å². The molecule has 0 aliphatic heterocycles. The van der Waals surface area contributed by atoms with Crippen LogP contribution in [0.25, 0.3) is 0 Å². The maximum absolute atomic E-state index is 12.5. The molecular weight excluding hydrogens is 261 g/mol. The molecule has 0 aromatic heterocycles. The van der Waals surface area contributed by atoms with Crippen LogP contribution in [0.1, 0.15) is 46.5 Å². The molecule has 0 heterocycles. The fourth-order valence-corrected chi connectivity index (χ4v) is 2.30. The lowest BCUT2D eigenvalue weighted by Gasteiger charge is -2.40. The van der Waals surface area contributed by atoms with Gasteiger partial charge in [0, 0.05) is 0 Å². The molecule has 1 rings (SSSR count). The zero-order chi connectivity index (χ0) is 14.9. The first-order chi connectivity index (χ1) is 8.46. The maximum atomic E-state index is 12.5. The predicted molar refractivity (Wildman–Crippen MR) is 64.7 cm³/mol. The summed E-state index contributed by atoms with van der Waals surface area (Å²) in [6.07, 6.45) is -2.28. The SMILES string of the molecule is CC(C)(OCC(C)(O)C(F)(F)F)C1CCC(O)CC1. The van der Waals surface area contributed by atoms with E-state index in [1.165, 1.54) is 0 Å². The molecular formula is C13H23F3O3. The lowest BCUT2D eigenvalue weighted by atomic mass is 9.77. The highest BCUT2D eigenvalue weighted by Crippen LogP contribution is 2.37. The van der Waals surface area contributed by atoms with E-state index in [2.05, 4.69) is 0 Å². The average Bonchev–Trinajstić information content (AvgIpc) is 2.26. The van der Waals surface area contributed by atoms with Crippen LogP contribution in [0.3, 0.4) is 0 Å². The van der Waals surface area contributed by atoms with Crippen molar-refractivity contribution in [3.8, 4) is 0 Å². The van der Waals surface area contributed by atoms with E-state index in [0.29, 0.717) is 19.8 Å². The normalized spacial score (nSPS) is 29.1. The van der Waals surface area contributed by atoms with E-state index in [9.17, 15) is 23.4 Å². The van der Waals surface area contributed by atoms with Crippen LogP contribution in [0.15, 0.2) is 0 Å². The van der Waals surface area contributed by atoms with E-state index >= 15 is 0 Å². The van der Waals surface area contributed by atoms with E-state index in [4.69, 9.17) is 4.74 Å². The Labute approximate surface area is 111 Å². The number of aliphatic hydroxyl groups is 2. The monoisotopic (exact) mass is 284 g/mol. The van der Waals surface area contributed by atoms with E-state index in [0.717, 1.165) is 12.8 Å². The molecule has 114 valence electrons. The van der Waals surface area contributed by atoms with Crippen LogP contribution in [0.4, 0.5) is 13.2 Å². The third kappa shape index (κ3) is 4.33.